The molecule has 84 valence electrons. The molecule has 0 saturated heterocycles. The Balaban J connectivity index is 2.11. The minimum atomic E-state index is 1.10. The van der Waals surface area contributed by atoms with Crippen LogP contribution in [0.5, 0.6) is 0 Å². The third-order valence-electron chi connectivity index (χ3n) is 2.37. The highest BCUT2D eigenvalue weighted by atomic mass is 35.5. The van der Waals surface area contributed by atoms with E-state index in [-0.39, 0.29) is 0 Å². The number of pyridine rings is 1. The van der Waals surface area contributed by atoms with Gasteiger partial charge >= 0.3 is 0 Å². The molecule has 0 bridgehead atoms. The van der Waals surface area contributed by atoms with E-state index >= 15 is 0 Å². The standard InChI is InChI=1S/C15H12ClN/c16-10-7-14-4-1-13(2-5-14)3-6-15-8-11-17-12-9-15/h1-12H/b6-3-,10-7+. The van der Waals surface area contributed by atoms with E-state index in [1.807, 2.05) is 30.3 Å². The van der Waals surface area contributed by atoms with Crippen LogP contribution in [0.3, 0.4) is 0 Å². The first kappa shape index (κ1) is 11.6. The molecule has 17 heavy (non-hydrogen) atoms. The second-order valence-electron chi connectivity index (χ2n) is 3.57. The van der Waals surface area contributed by atoms with Crippen LogP contribution >= 0.6 is 11.6 Å². The molecule has 0 aliphatic heterocycles. The average molecular weight is 242 g/mol. The zero-order valence-electron chi connectivity index (χ0n) is 9.25. The maximum absolute atomic E-state index is 5.52. The van der Waals surface area contributed by atoms with Gasteiger partial charge in [-0.1, -0.05) is 48.0 Å². The molecule has 1 aromatic carbocycles. The van der Waals surface area contributed by atoms with Gasteiger partial charge in [0.25, 0.3) is 0 Å². The quantitative estimate of drug-likeness (QED) is 0.773. The van der Waals surface area contributed by atoms with Crippen molar-refractivity contribution in [1.82, 2.24) is 4.98 Å². The zero-order chi connectivity index (χ0) is 11.9. The van der Waals surface area contributed by atoms with Crippen LogP contribution in [0.2, 0.25) is 0 Å². The topological polar surface area (TPSA) is 12.9 Å². The van der Waals surface area contributed by atoms with E-state index in [1.165, 1.54) is 5.54 Å². The molecule has 0 fully saturated rings. The predicted octanol–water partition coefficient (Wildman–Crippen LogP) is 4.46. The van der Waals surface area contributed by atoms with Gasteiger partial charge in [0.05, 0.1) is 0 Å². The van der Waals surface area contributed by atoms with Gasteiger partial charge < -0.3 is 0 Å². The van der Waals surface area contributed by atoms with Gasteiger partial charge in [0.15, 0.2) is 0 Å². The molecule has 2 rings (SSSR count). The van der Waals surface area contributed by atoms with Gasteiger partial charge in [0.1, 0.15) is 0 Å². The summed E-state index contributed by atoms with van der Waals surface area (Å²) in [6.07, 6.45) is 9.57. The summed E-state index contributed by atoms with van der Waals surface area (Å²) in [7, 11) is 0. The van der Waals surface area contributed by atoms with E-state index < -0.39 is 0 Å². The lowest BCUT2D eigenvalue weighted by Gasteiger charge is -1.96. The fourth-order valence-electron chi connectivity index (χ4n) is 1.46. The van der Waals surface area contributed by atoms with E-state index in [1.54, 1.807) is 12.4 Å². The largest absolute Gasteiger partial charge is 0.265 e. The third-order valence-corrected chi connectivity index (χ3v) is 2.49. The highest BCUT2D eigenvalue weighted by Gasteiger charge is 1.89. The van der Waals surface area contributed by atoms with Crippen molar-refractivity contribution in [3.8, 4) is 0 Å². The molecule has 0 aliphatic carbocycles. The number of benzene rings is 1. The molecule has 2 heteroatoms. The Bertz CT molecular complexity index is 512. The van der Waals surface area contributed by atoms with Gasteiger partial charge in [-0.25, -0.2) is 0 Å². The highest BCUT2D eigenvalue weighted by Crippen LogP contribution is 2.10. The minimum Gasteiger partial charge on any atom is -0.265 e. The summed E-state index contributed by atoms with van der Waals surface area (Å²) in [5, 5.41) is 0. The fraction of sp³-hybridized carbons (Fsp3) is 0. The number of halogens is 1. The van der Waals surface area contributed by atoms with Crippen LogP contribution in [0.1, 0.15) is 16.7 Å². The number of hydrogen-bond donors (Lipinski definition) is 0. The Hall–Kier alpha value is -1.86. The number of hydrogen-bond acceptors (Lipinski definition) is 1. The molecular formula is C15H12ClN. The molecule has 0 unspecified atom stereocenters. The normalized spacial score (nSPS) is 11.4. The van der Waals surface area contributed by atoms with Crippen molar-refractivity contribution in [3.63, 3.8) is 0 Å². The monoisotopic (exact) mass is 241 g/mol. The van der Waals surface area contributed by atoms with Gasteiger partial charge in [-0.3, -0.25) is 4.98 Å². The van der Waals surface area contributed by atoms with Crippen LogP contribution in [0.25, 0.3) is 18.2 Å². The second kappa shape index (κ2) is 6.02. The number of rotatable bonds is 3. The van der Waals surface area contributed by atoms with Gasteiger partial charge in [-0.2, -0.15) is 0 Å². The summed E-state index contributed by atoms with van der Waals surface area (Å²) < 4.78 is 0. The molecule has 1 aromatic heterocycles. The number of aromatic nitrogens is 1. The van der Waals surface area contributed by atoms with E-state index in [4.69, 9.17) is 11.6 Å². The first-order valence-corrected chi connectivity index (χ1v) is 5.77. The Labute approximate surface area is 106 Å². The molecule has 0 atom stereocenters. The van der Waals surface area contributed by atoms with Gasteiger partial charge in [0, 0.05) is 17.9 Å². The van der Waals surface area contributed by atoms with Gasteiger partial charge in [-0.15, -0.1) is 0 Å². The van der Waals surface area contributed by atoms with Crippen molar-refractivity contribution in [2.24, 2.45) is 0 Å². The molecule has 0 amide bonds. The van der Waals surface area contributed by atoms with Crippen LogP contribution in [0.4, 0.5) is 0 Å². The molecule has 1 heterocycles. The van der Waals surface area contributed by atoms with Crippen molar-refractivity contribution >= 4 is 29.8 Å². The van der Waals surface area contributed by atoms with E-state index in [0.29, 0.717) is 0 Å². The molecule has 0 radical (unpaired) electrons. The van der Waals surface area contributed by atoms with Crippen LogP contribution in [-0.4, -0.2) is 4.98 Å². The maximum Gasteiger partial charge on any atom is 0.0273 e. The first-order valence-electron chi connectivity index (χ1n) is 5.33. The summed E-state index contributed by atoms with van der Waals surface area (Å²) in [5.74, 6) is 0. The molecule has 0 saturated carbocycles. The Kier molecular flexibility index (Phi) is 4.11. The maximum atomic E-state index is 5.52. The summed E-state index contributed by atoms with van der Waals surface area (Å²) in [6, 6.07) is 12.1. The molecule has 2 aromatic rings. The van der Waals surface area contributed by atoms with Crippen molar-refractivity contribution in [1.29, 1.82) is 0 Å². The Morgan fingerprint density at radius 3 is 1.71 bits per heavy atom. The first-order chi connectivity index (χ1) is 8.38. The van der Waals surface area contributed by atoms with Crippen molar-refractivity contribution in [3.05, 3.63) is 71.0 Å². The average Bonchev–Trinajstić information content (AvgIpc) is 2.40. The SMILES string of the molecule is Cl/C=C/c1ccc(/C=C\c2ccncc2)cc1. The van der Waals surface area contributed by atoms with Crippen LogP contribution < -0.4 is 0 Å². The van der Waals surface area contributed by atoms with E-state index in [9.17, 15) is 0 Å². The zero-order valence-corrected chi connectivity index (χ0v) is 10.0. The van der Waals surface area contributed by atoms with E-state index in [0.717, 1.165) is 16.7 Å². The summed E-state index contributed by atoms with van der Waals surface area (Å²) in [5.41, 5.74) is 4.92. The Morgan fingerprint density at radius 2 is 1.18 bits per heavy atom. The molecular weight excluding hydrogens is 230 g/mol. The van der Waals surface area contributed by atoms with Crippen LogP contribution in [-0.2, 0) is 0 Å². The van der Waals surface area contributed by atoms with Crippen molar-refractivity contribution in [2.45, 2.75) is 0 Å². The minimum absolute atomic E-state index is 1.10. The molecule has 0 N–H and O–H groups in total. The smallest absolute Gasteiger partial charge is 0.0273 e. The van der Waals surface area contributed by atoms with Crippen molar-refractivity contribution in [2.75, 3.05) is 0 Å². The van der Waals surface area contributed by atoms with Gasteiger partial charge in [0.2, 0.25) is 0 Å². The molecule has 0 spiro atoms. The lowest BCUT2D eigenvalue weighted by Crippen LogP contribution is -1.75. The second-order valence-corrected chi connectivity index (χ2v) is 3.83. The summed E-state index contributed by atoms with van der Waals surface area (Å²) in [6.45, 7) is 0. The Morgan fingerprint density at radius 1 is 0.706 bits per heavy atom. The summed E-state index contributed by atoms with van der Waals surface area (Å²) >= 11 is 5.52. The lowest BCUT2D eigenvalue weighted by molar-refractivity contribution is 1.32. The van der Waals surface area contributed by atoms with Crippen molar-refractivity contribution < 1.29 is 0 Å². The number of nitrogens with zero attached hydrogens (tertiary/aromatic N) is 1. The van der Waals surface area contributed by atoms with Crippen LogP contribution in [0, 0.1) is 0 Å². The van der Waals surface area contributed by atoms with E-state index in [2.05, 4.69) is 29.3 Å². The van der Waals surface area contributed by atoms with Gasteiger partial charge in [-0.05, 0) is 34.9 Å². The fourth-order valence-corrected chi connectivity index (χ4v) is 1.60. The highest BCUT2D eigenvalue weighted by molar-refractivity contribution is 6.27. The van der Waals surface area contributed by atoms with Crippen LogP contribution in [0.15, 0.2) is 54.3 Å². The molecule has 0 aliphatic rings. The molecule has 1 nitrogen and oxygen atoms in total. The lowest BCUT2D eigenvalue weighted by atomic mass is 10.1. The summed E-state index contributed by atoms with van der Waals surface area (Å²) in [4.78, 5) is 3.98. The predicted molar refractivity (Wildman–Crippen MR) is 74.5 cm³/mol. The third kappa shape index (κ3) is 3.58.